The van der Waals surface area contributed by atoms with Gasteiger partial charge in [0.1, 0.15) is 62.6 Å². The van der Waals surface area contributed by atoms with E-state index in [4.69, 9.17) is 24.1 Å². The molecule has 4 atom stereocenters. The van der Waals surface area contributed by atoms with Gasteiger partial charge in [0.25, 0.3) is 0 Å². The Kier molecular flexibility index (Phi) is 8.36. The van der Waals surface area contributed by atoms with E-state index >= 15 is 0 Å². The van der Waals surface area contributed by atoms with Crippen LogP contribution in [0, 0.1) is 0 Å². The summed E-state index contributed by atoms with van der Waals surface area (Å²) in [7, 11) is -7.92. The summed E-state index contributed by atoms with van der Waals surface area (Å²) in [5, 5.41) is 31.8. The molecule has 0 spiro atoms. The zero-order valence-corrected chi connectivity index (χ0v) is 30.6. The van der Waals surface area contributed by atoms with Gasteiger partial charge in [0.2, 0.25) is 5.95 Å². The number of aliphatic hydroxyl groups is 3. The van der Waals surface area contributed by atoms with E-state index < -0.39 is 64.1 Å². The third-order valence-electron chi connectivity index (χ3n) is 7.12. The van der Waals surface area contributed by atoms with Gasteiger partial charge in [-0.25, -0.2) is 4.98 Å². The predicted molar refractivity (Wildman–Crippen MR) is 174 cm³/mol. The van der Waals surface area contributed by atoms with Gasteiger partial charge in [0, 0.05) is 0 Å². The molecule has 1 fully saturated rings. The fraction of sp³-hybridized carbons (Fsp3) is 0.654. The van der Waals surface area contributed by atoms with Crippen LogP contribution < -0.4 is 8.46 Å². The molecule has 0 saturated carbocycles. The smallest absolute Gasteiger partial charge is 0.212 e. The Balaban J connectivity index is 2.18. The molecule has 1 aliphatic rings. The third-order valence-corrected chi connectivity index (χ3v) is 21.4. The van der Waals surface area contributed by atoms with Crippen molar-refractivity contribution in [3.63, 3.8) is 0 Å². The molecule has 0 radical (unpaired) electrons. The number of aromatic nitrogens is 4. The summed E-state index contributed by atoms with van der Waals surface area (Å²) in [6.07, 6.45) is -2.99. The summed E-state index contributed by atoms with van der Waals surface area (Å²) in [4.78, 5) is 15.7. The molecule has 0 unspecified atom stereocenters. The van der Waals surface area contributed by atoms with E-state index in [1.54, 1.807) is 23.0 Å². The number of imidazole rings is 1. The van der Waals surface area contributed by atoms with Gasteiger partial charge >= 0.3 is 0 Å². The van der Waals surface area contributed by atoms with E-state index in [1.807, 2.05) is 0 Å². The Morgan fingerprint density at radius 3 is 1.80 bits per heavy atom. The molecule has 3 N–H and O–H groups in total. The second kappa shape index (κ2) is 10.7. The van der Waals surface area contributed by atoms with E-state index in [0.717, 1.165) is 5.82 Å². The third kappa shape index (κ3) is 6.00. The van der Waals surface area contributed by atoms with Gasteiger partial charge in [-0.2, -0.15) is 9.97 Å². The topological polar surface area (TPSA) is 133 Å². The molecular formula is C26H48N6O5Si4. The molecule has 0 amide bonds. The molecule has 4 rings (SSSR count). The van der Waals surface area contributed by atoms with Gasteiger partial charge in [-0.15, -0.1) is 0 Å². The van der Waals surface area contributed by atoms with E-state index in [2.05, 4.69) is 87.0 Å². The molecule has 228 valence electrons. The van der Waals surface area contributed by atoms with Crippen molar-refractivity contribution < 1.29 is 24.5 Å². The van der Waals surface area contributed by atoms with Crippen LogP contribution in [-0.2, 0) is 4.74 Å². The highest BCUT2D eigenvalue weighted by Crippen LogP contribution is 2.41. The van der Waals surface area contributed by atoms with Crippen LogP contribution in [0.25, 0.3) is 22.7 Å². The molecular weight excluding hydrogens is 589 g/mol. The number of anilines is 2. The molecule has 3 aromatic heterocycles. The van der Waals surface area contributed by atoms with Gasteiger partial charge in [-0.3, -0.25) is 4.57 Å². The van der Waals surface area contributed by atoms with Crippen molar-refractivity contribution in [2.45, 2.75) is 103 Å². The largest absolute Gasteiger partial charge is 0.461 e. The first-order valence-electron chi connectivity index (χ1n) is 14.2. The summed E-state index contributed by atoms with van der Waals surface area (Å²) in [5.74, 6) is 2.36. The molecule has 41 heavy (non-hydrogen) atoms. The Labute approximate surface area is 247 Å². The van der Waals surface area contributed by atoms with E-state index in [1.165, 1.54) is 0 Å². The maximum absolute atomic E-state index is 11.2. The molecule has 1 saturated heterocycles. The summed E-state index contributed by atoms with van der Waals surface area (Å²) >= 11 is 0. The summed E-state index contributed by atoms with van der Waals surface area (Å²) in [5.41, 5.74) is 1.11. The first-order valence-corrected chi connectivity index (χ1v) is 28.0. The van der Waals surface area contributed by atoms with Crippen molar-refractivity contribution in [1.82, 2.24) is 19.5 Å². The number of aliphatic hydroxyl groups excluding tert-OH is 3. The summed E-state index contributed by atoms with van der Waals surface area (Å²) in [6, 6.07) is 3.58. The predicted octanol–water partition coefficient (Wildman–Crippen LogP) is 4.65. The molecule has 3 aromatic rings. The Morgan fingerprint density at radius 2 is 1.37 bits per heavy atom. The number of nitrogens with zero attached hydrogens (tertiary/aromatic N) is 6. The fourth-order valence-corrected chi connectivity index (χ4v) is 25.4. The number of furan rings is 1. The Morgan fingerprint density at radius 1 is 0.805 bits per heavy atom. The normalized spacial score (nSPS) is 22.5. The molecule has 11 nitrogen and oxygen atoms in total. The molecule has 4 heterocycles. The molecule has 0 bridgehead atoms. The van der Waals surface area contributed by atoms with Crippen molar-refractivity contribution in [1.29, 1.82) is 0 Å². The zero-order valence-electron chi connectivity index (χ0n) is 26.6. The molecule has 1 aliphatic heterocycles. The van der Waals surface area contributed by atoms with Crippen LogP contribution in [0.2, 0.25) is 78.6 Å². The fourth-order valence-electron chi connectivity index (χ4n) is 6.37. The number of ether oxygens (including phenoxy) is 1. The van der Waals surface area contributed by atoms with Crippen molar-refractivity contribution in [3.05, 3.63) is 18.4 Å². The minimum absolute atomic E-state index is 0.422. The first kappa shape index (κ1) is 32.1. The monoisotopic (exact) mass is 636 g/mol. The van der Waals surface area contributed by atoms with E-state index in [-0.39, 0.29) is 0 Å². The van der Waals surface area contributed by atoms with Crippen molar-refractivity contribution in [2.24, 2.45) is 0 Å². The van der Waals surface area contributed by atoms with Crippen LogP contribution >= 0.6 is 0 Å². The van der Waals surface area contributed by atoms with E-state index in [0.29, 0.717) is 28.7 Å². The number of hydrogen-bond acceptors (Lipinski definition) is 10. The summed E-state index contributed by atoms with van der Waals surface area (Å²) in [6.45, 7) is 27.4. The van der Waals surface area contributed by atoms with Crippen molar-refractivity contribution in [2.75, 3.05) is 15.1 Å². The quantitative estimate of drug-likeness (QED) is 0.285. The molecule has 0 aliphatic carbocycles. The number of fused-ring (bicyclic) bond motifs is 1. The maximum atomic E-state index is 11.2. The van der Waals surface area contributed by atoms with Crippen LogP contribution in [0.1, 0.15) is 6.23 Å². The lowest BCUT2D eigenvalue weighted by Crippen LogP contribution is -2.61. The van der Waals surface area contributed by atoms with Crippen LogP contribution in [0.4, 0.5) is 11.8 Å². The second-order valence-corrected chi connectivity index (χ2v) is 34.9. The average Bonchev–Trinajstić information content (AvgIpc) is 3.49. The van der Waals surface area contributed by atoms with Gasteiger partial charge < -0.3 is 32.9 Å². The van der Waals surface area contributed by atoms with Crippen LogP contribution in [0.3, 0.4) is 0 Å². The highest BCUT2D eigenvalue weighted by atomic mass is 28.4. The second-order valence-electron chi connectivity index (χ2n) is 14.9. The SMILES string of the molecule is C[Si](C)(C)N(c1nc(N([Si](C)(C)C)[Si](C)(C)C)c2nc(-c3ccco3)n([C@@H]3O[C@H](CO)[C@@H](O)[C@H]3O)c2n1)[Si](C)(C)C. The number of hydrogen-bond donors (Lipinski definition) is 3. The van der Waals surface area contributed by atoms with Gasteiger partial charge in [0.05, 0.1) is 12.9 Å². The minimum atomic E-state index is -1.99. The van der Waals surface area contributed by atoms with Crippen LogP contribution in [0.5, 0.6) is 0 Å². The van der Waals surface area contributed by atoms with Gasteiger partial charge in [-0.05, 0) is 12.1 Å². The lowest BCUT2D eigenvalue weighted by Gasteiger charge is -2.47. The highest BCUT2D eigenvalue weighted by Gasteiger charge is 2.47. The van der Waals surface area contributed by atoms with Crippen LogP contribution in [-0.4, -0.2) is 92.7 Å². The molecule has 15 heteroatoms. The van der Waals surface area contributed by atoms with Crippen molar-refractivity contribution in [3.8, 4) is 11.6 Å². The van der Waals surface area contributed by atoms with Gasteiger partial charge in [0.15, 0.2) is 23.5 Å². The number of rotatable bonds is 9. The summed E-state index contributed by atoms with van der Waals surface area (Å²) < 4.78 is 18.6. The standard InChI is InChI=1S/C26H48N6O5Si4/c1-38(2,3)31(39(4,5)6)24-19-23(28-26(29-24)32(40(7,8)9)41(10,11)12)30(22(27-19)17-14-13-15-36-17)25-21(35)20(34)18(16-33)37-25/h13-15,18,20-21,25,33-35H,16H2,1-12H3/t18-,20-,21-,25-/m1/s1. The van der Waals surface area contributed by atoms with Gasteiger partial charge in [-0.1, -0.05) is 78.6 Å². The van der Waals surface area contributed by atoms with Crippen molar-refractivity contribution >= 4 is 55.9 Å². The Bertz CT molecular complexity index is 1350. The Hall–Kier alpha value is -1.86. The first-order chi connectivity index (χ1) is 18.7. The zero-order chi connectivity index (χ0) is 30.9. The van der Waals surface area contributed by atoms with E-state index in [9.17, 15) is 15.3 Å². The maximum Gasteiger partial charge on any atom is 0.212 e. The lowest BCUT2D eigenvalue weighted by molar-refractivity contribution is -0.0504. The van der Waals surface area contributed by atoms with Crippen LogP contribution in [0.15, 0.2) is 22.8 Å². The minimum Gasteiger partial charge on any atom is -0.461 e. The average molecular weight is 637 g/mol. The molecule has 0 aromatic carbocycles. The lowest BCUT2D eigenvalue weighted by atomic mass is 10.1. The highest BCUT2D eigenvalue weighted by molar-refractivity contribution is 7.00.